The van der Waals surface area contributed by atoms with E-state index in [1.807, 2.05) is 0 Å². The monoisotopic (exact) mass is 562 g/mol. The average molecular weight is 564 g/mol. The number of hydrogen-bond acceptors (Lipinski definition) is 3. The average Bonchev–Trinajstić information content (AvgIpc) is 2.72. The van der Waals surface area contributed by atoms with Gasteiger partial charge in [0.05, 0.1) is 27.2 Å². The zero-order chi connectivity index (χ0) is 23.5. The number of carbonyl (C=O) groups is 1. The molecular formula is C21H15BrCl2F2N2O3S. The Balaban J connectivity index is 1.90. The van der Waals surface area contributed by atoms with Crippen molar-refractivity contribution in [2.24, 2.45) is 0 Å². The summed E-state index contributed by atoms with van der Waals surface area (Å²) in [5.74, 6) is -2.60. The third-order valence-electron chi connectivity index (χ3n) is 4.32. The Morgan fingerprint density at radius 1 is 0.969 bits per heavy atom. The molecule has 0 aliphatic rings. The molecule has 1 N–H and O–H groups in total. The Kier molecular flexibility index (Phi) is 7.89. The first-order valence-corrected chi connectivity index (χ1v) is 12.0. The van der Waals surface area contributed by atoms with Gasteiger partial charge < -0.3 is 5.32 Å². The fourth-order valence-electron chi connectivity index (χ4n) is 2.76. The van der Waals surface area contributed by atoms with Gasteiger partial charge in [-0.25, -0.2) is 17.2 Å². The van der Waals surface area contributed by atoms with E-state index in [-0.39, 0.29) is 22.2 Å². The zero-order valence-electron chi connectivity index (χ0n) is 16.2. The van der Waals surface area contributed by atoms with Crippen LogP contribution in [0.1, 0.15) is 5.56 Å². The first-order chi connectivity index (χ1) is 15.1. The minimum Gasteiger partial charge on any atom is -0.322 e. The lowest BCUT2D eigenvalue weighted by atomic mass is 10.2. The molecule has 32 heavy (non-hydrogen) atoms. The minimum absolute atomic E-state index is 0.0403. The third-order valence-corrected chi connectivity index (χ3v) is 7.39. The number of amides is 1. The molecule has 0 saturated carbocycles. The molecule has 0 aliphatic carbocycles. The molecule has 5 nitrogen and oxygen atoms in total. The van der Waals surface area contributed by atoms with Gasteiger partial charge in [0.2, 0.25) is 15.9 Å². The first kappa shape index (κ1) is 24.6. The molecule has 3 rings (SSSR count). The summed E-state index contributed by atoms with van der Waals surface area (Å²) in [4.78, 5) is 12.5. The molecule has 0 aromatic heterocycles. The van der Waals surface area contributed by atoms with Crippen LogP contribution in [0.25, 0.3) is 0 Å². The number of halogens is 5. The number of nitrogens with one attached hydrogen (secondary N) is 1. The molecule has 168 valence electrons. The van der Waals surface area contributed by atoms with Gasteiger partial charge in [-0.2, -0.15) is 4.31 Å². The van der Waals surface area contributed by atoms with E-state index >= 15 is 0 Å². The summed E-state index contributed by atoms with van der Waals surface area (Å²) in [6.07, 6.45) is 0. The highest BCUT2D eigenvalue weighted by atomic mass is 79.9. The van der Waals surface area contributed by atoms with E-state index in [1.54, 1.807) is 18.2 Å². The number of benzene rings is 3. The number of carbonyl (C=O) groups excluding carboxylic acids is 1. The highest BCUT2D eigenvalue weighted by molar-refractivity contribution is 9.10. The van der Waals surface area contributed by atoms with Crippen LogP contribution < -0.4 is 5.32 Å². The number of nitrogens with zero attached hydrogens (tertiary/aromatic N) is 1. The predicted octanol–water partition coefficient (Wildman–Crippen LogP) is 5.86. The van der Waals surface area contributed by atoms with Crippen LogP contribution in [0.4, 0.5) is 14.5 Å². The van der Waals surface area contributed by atoms with Crippen LogP contribution in [-0.4, -0.2) is 25.2 Å². The van der Waals surface area contributed by atoms with E-state index in [0.717, 1.165) is 16.4 Å². The van der Waals surface area contributed by atoms with Crippen molar-refractivity contribution in [1.29, 1.82) is 0 Å². The molecule has 0 spiro atoms. The zero-order valence-corrected chi connectivity index (χ0v) is 20.1. The summed E-state index contributed by atoms with van der Waals surface area (Å²) >= 11 is 15.2. The van der Waals surface area contributed by atoms with E-state index < -0.39 is 34.1 Å². The van der Waals surface area contributed by atoms with Gasteiger partial charge >= 0.3 is 0 Å². The van der Waals surface area contributed by atoms with Crippen LogP contribution in [0, 0.1) is 11.6 Å². The van der Waals surface area contributed by atoms with Gasteiger partial charge in [-0.15, -0.1) is 0 Å². The van der Waals surface area contributed by atoms with Crippen molar-refractivity contribution in [3.05, 3.63) is 92.4 Å². The second-order valence-corrected chi connectivity index (χ2v) is 10.3. The molecule has 0 saturated heterocycles. The number of anilines is 1. The van der Waals surface area contributed by atoms with Crippen molar-refractivity contribution < 1.29 is 22.0 Å². The van der Waals surface area contributed by atoms with Gasteiger partial charge in [0.15, 0.2) is 0 Å². The smallest absolute Gasteiger partial charge is 0.243 e. The van der Waals surface area contributed by atoms with Crippen LogP contribution >= 0.6 is 39.1 Å². The van der Waals surface area contributed by atoms with Gasteiger partial charge in [0.1, 0.15) is 11.6 Å². The maximum absolute atomic E-state index is 13.9. The Morgan fingerprint density at radius 2 is 1.66 bits per heavy atom. The fraction of sp³-hybridized carbons (Fsp3) is 0.0952. The Morgan fingerprint density at radius 3 is 2.28 bits per heavy atom. The van der Waals surface area contributed by atoms with Crippen LogP contribution in [0.3, 0.4) is 0 Å². The maximum Gasteiger partial charge on any atom is 0.243 e. The second-order valence-electron chi connectivity index (χ2n) is 6.65. The predicted molar refractivity (Wildman–Crippen MR) is 123 cm³/mol. The van der Waals surface area contributed by atoms with Crippen LogP contribution in [0.5, 0.6) is 0 Å². The molecule has 0 radical (unpaired) electrons. The molecule has 3 aromatic rings. The Hall–Kier alpha value is -2.04. The lowest BCUT2D eigenvalue weighted by molar-refractivity contribution is -0.116. The molecule has 11 heteroatoms. The van der Waals surface area contributed by atoms with Crippen LogP contribution in [0.15, 0.2) is 70.0 Å². The molecule has 0 atom stereocenters. The van der Waals surface area contributed by atoms with Crippen molar-refractivity contribution in [3.63, 3.8) is 0 Å². The van der Waals surface area contributed by atoms with Gasteiger partial charge in [-0.05, 0) is 54.1 Å². The van der Waals surface area contributed by atoms with Crippen molar-refractivity contribution in [2.45, 2.75) is 11.4 Å². The number of sulfonamides is 1. The lowest BCUT2D eigenvalue weighted by Gasteiger charge is -2.22. The quantitative estimate of drug-likeness (QED) is 0.391. The first-order valence-electron chi connectivity index (χ1n) is 9.01. The molecule has 0 aliphatic heterocycles. The van der Waals surface area contributed by atoms with Gasteiger partial charge in [-0.1, -0.05) is 45.2 Å². The van der Waals surface area contributed by atoms with Crippen molar-refractivity contribution in [3.8, 4) is 0 Å². The Bertz CT molecular complexity index is 1260. The summed E-state index contributed by atoms with van der Waals surface area (Å²) in [7, 11) is -4.12. The summed E-state index contributed by atoms with van der Waals surface area (Å²) in [5, 5.41) is 2.78. The van der Waals surface area contributed by atoms with Gasteiger partial charge in [0.25, 0.3) is 0 Å². The van der Waals surface area contributed by atoms with E-state index in [4.69, 9.17) is 23.2 Å². The SMILES string of the molecule is O=C(CN(Cc1ccc(Cl)c(Cl)c1)S(=O)(=O)c1ccc(Br)cc1)Nc1ccc(F)cc1F. The highest BCUT2D eigenvalue weighted by Crippen LogP contribution is 2.26. The second kappa shape index (κ2) is 10.3. The minimum atomic E-state index is -4.12. The molecule has 0 bridgehead atoms. The molecule has 0 unspecified atom stereocenters. The summed E-state index contributed by atoms with van der Waals surface area (Å²) in [6.45, 7) is -0.829. The Labute approximate surface area is 202 Å². The molecule has 3 aromatic carbocycles. The normalized spacial score (nSPS) is 11.6. The summed E-state index contributed by atoms with van der Waals surface area (Å²) in [6, 6.07) is 13.1. The van der Waals surface area contributed by atoms with Crippen molar-refractivity contribution in [1.82, 2.24) is 4.31 Å². The number of hydrogen-bond donors (Lipinski definition) is 1. The molecule has 0 heterocycles. The van der Waals surface area contributed by atoms with Crippen LogP contribution in [0.2, 0.25) is 10.0 Å². The molecular weight excluding hydrogens is 549 g/mol. The standard InChI is InChI=1S/C21H15BrCl2F2N2O3S/c22-14-2-5-16(6-3-14)32(30,31)28(11-13-1-7-17(23)18(24)9-13)12-21(29)27-20-8-4-15(25)10-19(20)26/h1-10H,11-12H2,(H,27,29). The van der Waals surface area contributed by atoms with Gasteiger partial charge in [0, 0.05) is 17.1 Å². The summed E-state index contributed by atoms with van der Waals surface area (Å²) in [5.41, 5.74) is 0.216. The van der Waals surface area contributed by atoms with Crippen molar-refractivity contribution in [2.75, 3.05) is 11.9 Å². The topological polar surface area (TPSA) is 66.5 Å². The lowest BCUT2D eigenvalue weighted by Crippen LogP contribution is -2.37. The van der Waals surface area contributed by atoms with E-state index in [9.17, 15) is 22.0 Å². The number of rotatable bonds is 7. The maximum atomic E-state index is 13.9. The fourth-order valence-corrected chi connectivity index (χ4v) is 4.73. The molecule has 1 amide bonds. The van der Waals surface area contributed by atoms with E-state index in [2.05, 4.69) is 21.2 Å². The largest absolute Gasteiger partial charge is 0.322 e. The summed E-state index contributed by atoms with van der Waals surface area (Å²) < 4.78 is 55.1. The van der Waals surface area contributed by atoms with Crippen LogP contribution in [-0.2, 0) is 21.4 Å². The third kappa shape index (κ3) is 6.05. The van der Waals surface area contributed by atoms with Crippen molar-refractivity contribution >= 4 is 60.7 Å². The molecule has 0 fully saturated rings. The van der Waals surface area contributed by atoms with E-state index in [1.165, 1.54) is 24.3 Å². The van der Waals surface area contributed by atoms with E-state index in [0.29, 0.717) is 21.1 Å². The highest BCUT2D eigenvalue weighted by Gasteiger charge is 2.27. The van der Waals surface area contributed by atoms with Gasteiger partial charge in [-0.3, -0.25) is 4.79 Å².